The molecule has 0 radical (unpaired) electrons. The Morgan fingerprint density at radius 2 is 2.17 bits per heavy atom. The standard InChI is InChI=1S/C14H13NO2S/c1-10-9-15(14(16)12-6-4-8-17-12)11-5-2-3-7-13(11)18-10/h2-8,10H,9H2,1H3. The summed E-state index contributed by atoms with van der Waals surface area (Å²) in [5.41, 5.74) is 0.974. The Kier molecular flexibility index (Phi) is 2.88. The molecule has 0 N–H and O–H groups in total. The summed E-state index contributed by atoms with van der Waals surface area (Å²) in [7, 11) is 0. The number of hydrogen-bond donors (Lipinski definition) is 0. The highest BCUT2D eigenvalue weighted by Crippen LogP contribution is 2.38. The van der Waals surface area contributed by atoms with Gasteiger partial charge in [0, 0.05) is 16.7 Å². The van der Waals surface area contributed by atoms with Crippen molar-refractivity contribution < 1.29 is 9.21 Å². The van der Waals surface area contributed by atoms with Crippen molar-refractivity contribution in [3.8, 4) is 0 Å². The lowest BCUT2D eigenvalue weighted by Crippen LogP contribution is -2.38. The van der Waals surface area contributed by atoms with Gasteiger partial charge in [0.25, 0.3) is 5.91 Å². The second kappa shape index (κ2) is 4.53. The molecule has 0 saturated carbocycles. The third-order valence-corrected chi connectivity index (χ3v) is 4.05. The smallest absolute Gasteiger partial charge is 0.294 e. The average molecular weight is 259 g/mol. The number of fused-ring (bicyclic) bond motifs is 1. The lowest BCUT2D eigenvalue weighted by atomic mass is 10.2. The van der Waals surface area contributed by atoms with Gasteiger partial charge < -0.3 is 9.32 Å². The van der Waals surface area contributed by atoms with E-state index < -0.39 is 0 Å². The molecule has 4 heteroatoms. The number of anilines is 1. The summed E-state index contributed by atoms with van der Waals surface area (Å²) < 4.78 is 5.20. The molecule has 92 valence electrons. The van der Waals surface area contributed by atoms with Crippen LogP contribution in [0.15, 0.2) is 52.0 Å². The highest BCUT2D eigenvalue weighted by molar-refractivity contribution is 8.00. The molecule has 0 saturated heterocycles. The van der Waals surface area contributed by atoms with Crippen molar-refractivity contribution in [2.75, 3.05) is 11.4 Å². The van der Waals surface area contributed by atoms with Gasteiger partial charge in [-0.2, -0.15) is 0 Å². The van der Waals surface area contributed by atoms with Gasteiger partial charge in [-0.25, -0.2) is 0 Å². The number of carbonyl (C=O) groups excluding carboxylic acids is 1. The number of para-hydroxylation sites is 1. The number of carbonyl (C=O) groups is 1. The summed E-state index contributed by atoms with van der Waals surface area (Å²) in [6, 6.07) is 11.4. The summed E-state index contributed by atoms with van der Waals surface area (Å²) in [5, 5.41) is 0.388. The van der Waals surface area contributed by atoms with Crippen LogP contribution in [0.3, 0.4) is 0 Å². The van der Waals surface area contributed by atoms with Crippen LogP contribution in [0.5, 0.6) is 0 Å². The minimum atomic E-state index is -0.0698. The van der Waals surface area contributed by atoms with Crippen molar-refractivity contribution in [2.24, 2.45) is 0 Å². The van der Waals surface area contributed by atoms with Crippen LogP contribution in [0, 0.1) is 0 Å². The summed E-state index contributed by atoms with van der Waals surface area (Å²) in [5.74, 6) is 0.323. The fourth-order valence-electron chi connectivity index (χ4n) is 2.11. The van der Waals surface area contributed by atoms with Gasteiger partial charge >= 0.3 is 0 Å². The van der Waals surface area contributed by atoms with Crippen molar-refractivity contribution in [1.82, 2.24) is 0 Å². The molecular weight excluding hydrogens is 246 g/mol. The van der Waals surface area contributed by atoms with Gasteiger partial charge in [-0.3, -0.25) is 4.79 Å². The Labute approximate surface area is 110 Å². The molecule has 1 aromatic heterocycles. The number of benzene rings is 1. The first-order valence-corrected chi connectivity index (χ1v) is 6.75. The predicted octanol–water partition coefficient (Wildman–Crippen LogP) is 3.42. The van der Waals surface area contributed by atoms with E-state index in [4.69, 9.17) is 4.42 Å². The molecule has 1 aromatic carbocycles. The van der Waals surface area contributed by atoms with Gasteiger partial charge in [0.1, 0.15) is 0 Å². The number of rotatable bonds is 1. The number of nitrogens with zero attached hydrogens (tertiary/aromatic N) is 1. The van der Waals surface area contributed by atoms with Crippen LogP contribution < -0.4 is 4.90 Å². The third kappa shape index (κ3) is 1.93. The van der Waals surface area contributed by atoms with E-state index in [2.05, 4.69) is 13.0 Å². The van der Waals surface area contributed by atoms with Crippen LogP contribution in [0.2, 0.25) is 0 Å². The molecule has 0 aliphatic carbocycles. The molecule has 2 aromatic rings. The Bertz CT molecular complexity index is 565. The maximum absolute atomic E-state index is 12.4. The minimum absolute atomic E-state index is 0.0698. The Balaban J connectivity index is 2.00. The summed E-state index contributed by atoms with van der Waals surface area (Å²) in [4.78, 5) is 15.3. The Hall–Kier alpha value is -1.68. The lowest BCUT2D eigenvalue weighted by molar-refractivity contribution is 0.0959. The predicted molar refractivity (Wildman–Crippen MR) is 72.1 cm³/mol. The van der Waals surface area contributed by atoms with Crippen molar-refractivity contribution in [1.29, 1.82) is 0 Å². The summed E-state index contributed by atoms with van der Waals surface area (Å²) in [6.07, 6.45) is 1.53. The van der Waals surface area contributed by atoms with Crippen molar-refractivity contribution in [3.05, 3.63) is 48.4 Å². The lowest BCUT2D eigenvalue weighted by Gasteiger charge is -2.31. The van der Waals surface area contributed by atoms with Gasteiger partial charge in [-0.15, -0.1) is 11.8 Å². The van der Waals surface area contributed by atoms with Gasteiger partial charge in [0.15, 0.2) is 5.76 Å². The third-order valence-electron chi connectivity index (χ3n) is 2.90. The van der Waals surface area contributed by atoms with E-state index in [0.717, 1.165) is 10.6 Å². The van der Waals surface area contributed by atoms with Crippen LogP contribution >= 0.6 is 11.8 Å². The van der Waals surface area contributed by atoms with E-state index in [1.807, 2.05) is 18.2 Å². The van der Waals surface area contributed by atoms with Gasteiger partial charge in [0.2, 0.25) is 0 Å². The van der Waals surface area contributed by atoms with E-state index in [0.29, 0.717) is 17.6 Å². The van der Waals surface area contributed by atoms with Crippen LogP contribution in [-0.4, -0.2) is 17.7 Å². The monoisotopic (exact) mass is 259 g/mol. The number of hydrogen-bond acceptors (Lipinski definition) is 3. The maximum atomic E-state index is 12.4. The highest BCUT2D eigenvalue weighted by Gasteiger charge is 2.28. The van der Waals surface area contributed by atoms with E-state index in [1.165, 1.54) is 6.26 Å². The number of furan rings is 1. The fourth-order valence-corrected chi connectivity index (χ4v) is 3.23. The van der Waals surface area contributed by atoms with Crippen LogP contribution in [0.1, 0.15) is 17.5 Å². The second-order valence-electron chi connectivity index (χ2n) is 4.29. The molecule has 3 nitrogen and oxygen atoms in total. The van der Waals surface area contributed by atoms with Crippen molar-refractivity contribution in [3.63, 3.8) is 0 Å². The van der Waals surface area contributed by atoms with Crippen LogP contribution in [0.25, 0.3) is 0 Å². The zero-order valence-electron chi connectivity index (χ0n) is 10.00. The first kappa shape index (κ1) is 11.4. The molecule has 3 rings (SSSR count). The number of thioether (sulfide) groups is 1. The largest absolute Gasteiger partial charge is 0.459 e. The Morgan fingerprint density at radius 1 is 1.33 bits per heavy atom. The normalized spacial score (nSPS) is 18.5. The van der Waals surface area contributed by atoms with Gasteiger partial charge in [-0.05, 0) is 24.3 Å². The summed E-state index contributed by atoms with van der Waals surface area (Å²) >= 11 is 1.81. The molecule has 0 spiro atoms. The van der Waals surface area contributed by atoms with Gasteiger partial charge in [0.05, 0.1) is 12.0 Å². The van der Waals surface area contributed by atoms with Crippen LogP contribution in [0.4, 0.5) is 5.69 Å². The molecule has 0 fully saturated rings. The molecular formula is C14H13NO2S. The van der Waals surface area contributed by atoms with Crippen molar-refractivity contribution >= 4 is 23.4 Å². The highest BCUT2D eigenvalue weighted by atomic mass is 32.2. The number of amides is 1. The fraction of sp³-hybridized carbons (Fsp3) is 0.214. The topological polar surface area (TPSA) is 33.5 Å². The second-order valence-corrected chi connectivity index (χ2v) is 5.77. The van der Waals surface area contributed by atoms with Gasteiger partial charge in [-0.1, -0.05) is 19.1 Å². The van der Waals surface area contributed by atoms with E-state index in [-0.39, 0.29) is 5.91 Å². The van der Waals surface area contributed by atoms with E-state index in [9.17, 15) is 4.79 Å². The molecule has 1 unspecified atom stereocenters. The molecule has 1 aliphatic heterocycles. The first-order valence-electron chi connectivity index (χ1n) is 5.87. The maximum Gasteiger partial charge on any atom is 0.294 e. The molecule has 2 heterocycles. The first-order chi connectivity index (χ1) is 8.75. The Morgan fingerprint density at radius 3 is 2.94 bits per heavy atom. The summed E-state index contributed by atoms with van der Waals surface area (Å²) in [6.45, 7) is 2.84. The van der Waals surface area contributed by atoms with E-state index >= 15 is 0 Å². The molecule has 0 bridgehead atoms. The molecule has 1 amide bonds. The zero-order chi connectivity index (χ0) is 12.5. The molecule has 1 atom stereocenters. The minimum Gasteiger partial charge on any atom is -0.459 e. The quantitative estimate of drug-likeness (QED) is 0.786. The average Bonchev–Trinajstić information content (AvgIpc) is 2.90. The molecule has 18 heavy (non-hydrogen) atoms. The molecule has 1 aliphatic rings. The zero-order valence-corrected chi connectivity index (χ0v) is 10.8. The van der Waals surface area contributed by atoms with Crippen molar-refractivity contribution in [2.45, 2.75) is 17.1 Å². The van der Waals surface area contributed by atoms with Crippen LogP contribution in [-0.2, 0) is 0 Å². The van der Waals surface area contributed by atoms with E-state index in [1.54, 1.807) is 28.8 Å². The SMILES string of the molecule is CC1CN(C(=O)c2ccco2)c2ccccc2S1.